The Morgan fingerprint density at radius 2 is 1.97 bits per heavy atom. The number of amides is 2. The van der Waals surface area contributed by atoms with E-state index in [0.29, 0.717) is 17.5 Å². The third kappa shape index (κ3) is 4.99. The van der Waals surface area contributed by atoms with Gasteiger partial charge in [-0.2, -0.15) is 13.2 Å². The van der Waals surface area contributed by atoms with E-state index in [2.05, 4.69) is 15.3 Å². The van der Waals surface area contributed by atoms with Crippen molar-refractivity contribution in [3.05, 3.63) is 59.9 Å². The fraction of sp³-hybridized carbons (Fsp3) is 0.462. The molecule has 0 spiro atoms. The quantitative estimate of drug-likeness (QED) is 0.632. The maximum Gasteiger partial charge on any atom is 0.425 e. The summed E-state index contributed by atoms with van der Waals surface area (Å²) in [6.45, 7) is 3.64. The highest BCUT2D eigenvalue weighted by Gasteiger charge is 2.54. The summed E-state index contributed by atoms with van der Waals surface area (Å²) in [4.78, 5) is 36.6. The monoisotopic (exact) mass is 515 g/mol. The van der Waals surface area contributed by atoms with E-state index in [0.717, 1.165) is 0 Å². The van der Waals surface area contributed by atoms with Crippen molar-refractivity contribution in [2.24, 2.45) is 22.6 Å². The second kappa shape index (κ2) is 9.04. The van der Waals surface area contributed by atoms with E-state index in [-0.39, 0.29) is 35.9 Å². The van der Waals surface area contributed by atoms with Crippen molar-refractivity contribution in [2.45, 2.75) is 63.0 Å². The van der Waals surface area contributed by atoms with Gasteiger partial charge < -0.3 is 15.8 Å². The van der Waals surface area contributed by atoms with E-state index >= 15 is 0 Å². The van der Waals surface area contributed by atoms with Gasteiger partial charge in [-0.25, -0.2) is 4.99 Å². The molecule has 1 saturated carbocycles. The minimum atomic E-state index is -4.57. The van der Waals surface area contributed by atoms with Crippen molar-refractivity contribution in [1.29, 1.82) is 0 Å². The minimum Gasteiger partial charge on any atom is -0.480 e. The number of halogens is 3. The fourth-order valence-corrected chi connectivity index (χ4v) is 5.32. The molecule has 1 fully saturated rings. The predicted octanol–water partition coefficient (Wildman–Crippen LogP) is 3.66. The number of alkyl halides is 3. The topological polar surface area (TPSA) is 110 Å². The van der Waals surface area contributed by atoms with Crippen LogP contribution in [0.4, 0.5) is 13.2 Å². The summed E-state index contributed by atoms with van der Waals surface area (Å²) in [5, 5.41) is 2.81. The number of aromatic nitrogens is 1. The van der Waals surface area contributed by atoms with Crippen LogP contribution in [0.1, 0.15) is 56.3 Å². The number of hydrogen-bond donors (Lipinski definition) is 2. The van der Waals surface area contributed by atoms with Crippen LogP contribution in [0, 0.1) is 11.8 Å². The summed E-state index contributed by atoms with van der Waals surface area (Å²) in [5.74, 6) is -1.21. The van der Waals surface area contributed by atoms with Gasteiger partial charge in [0.1, 0.15) is 5.75 Å². The van der Waals surface area contributed by atoms with Crippen LogP contribution in [-0.4, -0.2) is 45.5 Å². The molecule has 1 aromatic carbocycles. The average Bonchev–Trinajstić information content (AvgIpc) is 3.61. The summed E-state index contributed by atoms with van der Waals surface area (Å²) in [7, 11) is 0. The molecule has 0 bridgehead atoms. The third-order valence-corrected chi connectivity index (χ3v) is 7.10. The first kappa shape index (κ1) is 25.0. The van der Waals surface area contributed by atoms with Gasteiger partial charge in [0.2, 0.25) is 11.8 Å². The van der Waals surface area contributed by atoms with Crippen LogP contribution in [-0.2, 0) is 9.59 Å². The number of carbonyl (C=O) groups is 2. The Morgan fingerprint density at radius 1 is 1.22 bits per heavy atom. The number of aliphatic imine (C=N–C) groups is 1. The molecule has 0 unspecified atom stereocenters. The van der Waals surface area contributed by atoms with Crippen LogP contribution >= 0.6 is 0 Å². The fourth-order valence-electron chi connectivity index (χ4n) is 5.32. The number of nitrogens with zero attached hydrogens (tertiary/aromatic N) is 3. The summed E-state index contributed by atoms with van der Waals surface area (Å²) < 4.78 is 45.7. The summed E-state index contributed by atoms with van der Waals surface area (Å²) in [6, 6.07) is 8.54. The molecule has 0 radical (unpaired) electrons. The van der Waals surface area contributed by atoms with Crippen LogP contribution in [0.3, 0.4) is 0 Å². The van der Waals surface area contributed by atoms with Gasteiger partial charge in [-0.15, -0.1) is 0 Å². The van der Waals surface area contributed by atoms with Gasteiger partial charge in [-0.1, -0.05) is 24.3 Å². The maximum atomic E-state index is 13.5. The van der Waals surface area contributed by atoms with Gasteiger partial charge in [-0.3, -0.25) is 19.5 Å². The summed E-state index contributed by atoms with van der Waals surface area (Å²) in [5.41, 5.74) is 6.82. The first-order valence-corrected chi connectivity index (χ1v) is 12.1. The zero-order valence-corrected chi connectivity index (χ0v) is 20.4. The van der Waals surface area contributed by atoms with Gasteiger partial charge in [0.25, 0.3) is 0 Å². The van der Waals surface area contributed by atoms with Gasteiger partial charge >= 0.3 is 6.18 Å². The molecule has 196 valence electrons. The lowest BCUT2D eigenvalue weighted by atomic mass is 9.94. The molecule has 8 nitrogen and oxygen atoms in total. The zero-order valence-electron chi connectivity index (χ0n) is 20.4. The lowest BCUT2D eigenvalue weighted by Gasteiger charge is -2.38. The van der Waals surface area contributed by atoms with Gasteiger partial charge in [-0.05, 0) is 43.9 Å². The number of carbonyl (C=O) groups excluding carboxylic acids is 2. The number of nitrogens with one attached hydrogen (secondary N) is 1. The Balaban J connectivity index is 1.39. The van der Waals surface area contributed by atoms with E-state index in [1.165, 1.54) is 11.0 Å². The second-order valence-corrected chi connectivity index (χ2v) is 10.4. The Morgan fingerprint density at radius 3 is 2.65 bits per heavy atom. The first-order valence-electron chi connectivity index (χ1n) is 12.1. The van der Waals surface area contributed by atoms with Crippen LogP contribution in [0.25, 0.3) is 0 Å². The Hall–Kier alpha value is -3.63. The molecule has 5 rings (SSSR count). The number of para-hydroxylation sites is 1. The van der Waals surface area contributed by atoms with Gasteiger partial charge in [0.15, 0.2) is 12.1 Å². The van der Waals surface area contributed by atoms with Crippen molar-refractivity contribution in [3.8, 4) is 5.75 Å². The number of hydrogen-bond acceptors (Lipinski definition) is 6. The van der Waals surface area contributed by atoms with Crippen molar-refractivity contribution in [3.63, 3.8) is 0 Å². The largest absolute Gasteiger partial charge is 0.480 e. The molecule has 2 aliphatic heterocycles. The van der Waals surface area contributed by atoms with Crippen LogP contribution in [0.2, 0.25) is 0 Å². The predicted molar refractivity (Wildman–Crippen MR) is 128 cm³/mol. The molecule has 3 aliphatic rings. The molecule has 1 aromatic heterocycles. The highest BCUT2D eigenvalue weighted by atomic mass is 19.4. The van der Waals surface area contributed by atoms with Crippen LogP contribution < -0.4 is 15.8 Å². The van der Waals surface area contributed by atoms with E-state index in [9.17, 15) is 22.8 Å². The van der Waals surface area contributed by atoms with E-state index in [1.54, 1.807) is 36.7 Å². The maximum absolute atomic E-state index is 13.5. The molecule has 1 aliphatic carbocycles. The van der Waals surface area contributed by atoms with Gasteiger partial charge in [0.05, 0.1) is 24.0 Å². The lowest BCUT2D eigenvalue weighted by Crippen LogP contribution is -2.52. The molecular weight excluding hydrogens is 487 g/mol. The molecule has 3 N–H and O–H groups in total. The van der Waals surface area contributed by atoms with Crippen LogP contribution in [0.15, 0.2) is 53.8 Å². The molecule has 2 amide bonds. The number of fused-ring (bicyclic) bond motifs is 1. The van der Waals surface area contributed by atoms with E-state index < -0.39 is 42.2 Å². The number of benzene rings is 1. The summed E-state index contributed by atoms with van der Waals surface area (Å²) >= 11 is 0. The van der Waals surface area contributed by atoms with E-state index in [1.807, 2.05) is 19.9 Å². The standard InChI is InChI=1S/C26H28F3N5O3/c1-25(2)12-21(35)34(24(30)33-25)22(14-6-5-9-31-13-14)16-10-17(16)23(36)32-18-11-20(26(27,28)29)37-19-8-4-3-7-15(18)19/h3-9,13,16-18,20,22H,10-12H2,1-2H3,(H2,30,33)(H,32,36)/t16-,17-,18-,20+,22+/m0/s1. The highest BCUT2D eigenvalue weighted by molar-refractivity contribution is 5.99. The van der Waals surface area contributed by atoms with E-state index in [4.69, 9.17) is 10.5 Å². The number of ether oxygens (including phenoxy) is 1. The molecule has 37 heavy (non-hydrogen) atoms. The van der Waals surface area contributed by atoms with Crippen molar-refractivity contribution >= 4 is 17.8 Å². The molecule has 2 aromatic rings. The van der Waals surface area contributed by atoms with Crippen LogP contribution in [0.5, 0.6) is 5.75 Å². The zero-order chi connectivity index (χ0) is 26.5. The Bertz CT molecular complexity index is 1230. The minimum absolute atomic E-state index is 0.0764. The number of guanidine groups is 1. The highest BCUT2D eigenvalue weighted by Crippen LogP contribution is 2.51. The number of rotatable bonds is 5. The molecule has 5 atom stereocenters. The smallest absolute Gasteiger partial charge is 0.425 e. The normalized spacial score (nSPS) is 27.4. The third-order valence-electron chi connectivity index (χ3n) is 7.10. The Kier molecular flexibility index (Phi) is 6.12. The molecule has 11 heteroatoms. The molecule has 3 heterocycles. The van der Waals surface area contributed by atoms with Crippen molar-refractivity contribution in [1.82, 2.24) is 15.2 Å². The molecule has 0 saturated heterocycles. The Labute approximate surface area is 212 Å². The number of nitrogens with two attached hydrogens (primary N) is 1. The number of pyridine rings is 1. The SMILES string of the molecule is CC1(C)CC(=O)N([C@H](c2cccnc2)[C@H]2C[C@@H]2C(=O)N[C@H]2C[C@H](C(F)(F)F)Oc3ccccc32)C(N)=N1. The average molecular weight is 516 g/mol. The van der Waals surface area contributed by atoms with Crippen molar-refractivity contribution < 1.29 is 27.5 Å². The van der Waals surface area contributed by atoms with Gasteiger partial charge in [0, 0.05) is 30.3 Å². The summed E-state index contributed by atoms with van der Waals surface area (Å²) in [6.07, 6.45) is -3.17. The lowest BCUT2D eigenvalue weighted by molar-refractivity contribution is -0.201. The van der Waals surface area contributed by atoms with Crippen molar-refractivity contribution in [2.75, 3.05) is 0 Å². The first-order chi connectivity index (χ1) is 17.4. The second-order valence-electron chi connectivity index (χ2n) is 10.4. The molecular formula is C26H28F3N5O3.